The van der Waals surface area contributed by atoms with E-state index in [0.29, 0.717) is 33.8 Å². The standard InChI is InChI=1S/C22H23ClN2O4S/c1-14-19(21(26)29-13-12-27-2)20(17-6-4-5-7-18(17)28-3)24-22(30)25(14)16-10-8-15(23)9-11-16/h4-11,20H,12-13H2,1-3H3,(H,24,30). The first kappa shape index (κ1) is 22.1. The Kier molecular flexibility index (Phi) is 7.31. The van der Waals surface area contributed by atoms with E-state index in [2.05, 4.69) is 5.32 Å². The summed E-state index contributed by atoms with van der Waals surface area (Å²) in [6.45, 7) is 2.30. The molecule has 6 nitrogen and oxygen atoms in total. The second-order valence-electron chi connectivity index (χ2n) is 6.56. The number of nitrogens with zero attached hydrogens (tertiary/aromatic N) is 1. The Morgan fingerprint density at radius 2 is 1.83 bits per heavy atom. The Hall–Kier alpha value is -2.61. The van der Waals surface area contributed by atoms with Crippen molar-refractivity contribution in [3.8, 4) is 5.75 Å². The van der Waals surface area contributed by atoms with Crippen LogP contribution in [-0.2, 0) is 14.3 Å². The molecule has 1 atom stereocenters. The summed E-state index contributed by atoms with van der Waals surface area (Å²) in [5.74, 6) is 0.196. The van der Waals surface area contributed by atoms with Crippen LogP contribution in [0.5, 0.6) is 5.75 Å². The summed E-state index contributed by atoms with van der Waals surface area (Å²) in [5.41, 5.74) is 2.68. The highest BCUT2D eigenvalue weighted by molar-refractivity contribution is 7.80. The number of benzene rings is 2. The molecule has 0 spiro atoms. The summed E-state index contributed by atoms with van der Waals surface area (Å²) in [6.07, 6.45) is 0. The van der Waals surface area contributed by atoms with Crippen LogP contribution in [0.2, 0.25) is 5.02 Å². The van der Waals surface area contributed by atoms with Gasteiger partial charge in [0.15, 0.2) is 5.11 Å². The molecule has 158 valence electrons. The van der Waals surface area contributed by atoms with E-state index in [9.17, 15) is 4.79 Å². The fourth-order valence-corrected chi connectivity index (χ4v) is 3.83. The molecule has 0 radical (unpaired) electrons. The van der Waals surface area contributed by atoms with E-state index in [1.807, 2.05) is 43.3 Å². The first-order chi connectivity index (χ1) is 14.5. The Labute approximate surface area is 186 Å². The Morgan fingerprint density at radius 3 is 2.50 bits per heavy atom. The molecule has 0 aromatic heterocycles. The van der Waals surface area contributed by atoms with Gasteiger partial charge in [0.2, 0.25) is 0 Å². The van der Waals surface area contributed by atoms with Gasteiger partial charge < -0.3 is 19.5 Å². The number of methoxy groups -OCH3 is 2. The lowest BCUT2D eigenvalue weighted by Crippen LogP contribution is -2.48. The third kappa shape index (κ3) is 4.59. The Morgan fingerprint density at radius 1 is 1.13 bits per heavy atom. The van der Waals surface area contributed by atoms with Crippen LogP contribution in [0, 0.1) is 0 Å². The molecular weight excluding hydrogens is 424 g/mol. The molecule has 0 amide bonds. The lowest BCUT2D eigenvalue weighted by Gasteiger charge is -2.37. The van der Waals surface area contributed by atoms with Crippen molar-refractivity contribution in [2.75, 3.05) is 32.3 Å². The minimum atomic E-state index is -0.521. The zero-order valence-corrected chi connectivity index (χ0v) is 18.5. The average Bonchev–Trinajstić information content (AvgIpc) is 2.74. The smallest absolute Gasteiger partial charge is 0.338 e. The number of hydrogen-bond donors (Lipinski definition) is 1. The molecular formula is C22H23ClN2O4S. The predicted octanol–water partition coefficient (Wildman–Crippen LogP) is 4.25. The lowest BCUT2D eigenvalue weighted by atomic mass is 9.94. The number of esters is 1. The van der Waals surface area contributed by atoms with E-state index < -0.39 is 12.0 Å². The molecule has 1 unspecified atom stereocenters. The number of para-hydroxylation sites is 1. The number of allylic oxidation sites excluding steroid dienone is 1. The monoisotopic (exact) mass is 446 g/mol. The van der Waals surface area contributed by atoms with Gasteiger partial charge >= 0.3 is 5.97 Å². The molecule has 0 saturated carbocycles. The van der Waals surface area contributed by atoms with Gasteiger partial charge in [0.1, 0.15) is 12.4 Å². The number of hydrogen-bond acceptors (Lipinski definition) is 5. The van der Waals surface area contributed by atoms with Crippen molar-refractivity contribution in [1.82, 2.24) is 5.32 Å². The van der Waals surface area contributed by atoms with E-state index in [-0.39, 0.29) is 6.61 Å². The van der Waals surface area contributed by atoms with E-state index in [1.54, 1.807) is 31.3 Å². The minimum absolute atomic E-state index is 0.149. The molecule has 2 aromatic carbocycles. The van der Waals surface area contributed by atoms with Crippen LogP contribution < -0.4 is 15.0 Å². The van der Waals surface area contributed by atoms with Gasteiger partial charge in [-0.3, -0.25) is 4.90 Å². The summed E-state index contributed by atoms with van der Waals surface area (Å²) in [5, 5.41) is 4.35. The van der Waals surface area contributed by atoms with Crippen molar-refractivity contribution in [1.29, 1.82) is 0 Å². The zero-order chi connectivity index (χ0) is 21.7. The van der Waals surface area contributed by atoms with Crippen LogP contribution in [0.25, 0.3) is 0 Å². The van der Waals surface area contributed by atoms with Crippen molar-refractivity contribution < 1.29 is 19.0 Å². The molecule has 30 heavy (non-hydrogen) atoms. The Bertz CT molecular complexity index is 962. The highest BCUT2D eigenvalue weighted by atomic mass is 35.5. The van der Waals surface area contributed by atoms with Gasteiger partial charge in [-0.25, -0.2) is 4.79 Å². The molecule has 1 N–H and O–H groups in total. The van der Waals surface area contributed by atoms with E-state index in [4.69, 9.17) is 38.0 Å². The van der Waals surface area contributed by atoms with Crippen LogP contribution in [0.3, 0.4) is 0 Å². The predicted molar refractivity (Wildman–Crippen MR) is 121 cm³/mol. The molecule has 1 heterocycles. The molecule has 1 aliphatic rings. The summed E-state index contributed by atoms with van der Waals surface area (Å²) >= 11 is 11.7. The summed E-state index contributed by atoms with van der Waals surface area (Å²) in [4.78, 5) is 14.9. The lowest BCUT2D eigenvalue weighted by molar-refractivity contribution is -0.140. The largest absolute Gasteiger partial charge is 0.496 e. The van der Waals surface area contributed by atoms with Crippen molar-refractivity contribution in [2.24, 2.45) is 0 Å². The van der Waals surface area contributed by atoms with Crippen LogP contribution in [-0.4, -0.2) is 38.5 Å². The molecule has 0 saturated heterocycles. The van der Waals surface area contributed by atoms with Crippen molar-refractivity contribution in [3.63, 3.8) is 0 Å². The van der Waals surface area contributed by atoms with Gasteiger partial charge in [0.05, 0.1) is 25.3 Å². The fourth-order valence-electron chi connectivity index (χ4n) is 3.34. The van der Waals surface area contributed by atoms with Crippen LogP contribution >= 0.6 is 23.8 Å². The van der Waals surface area contributed by atoms with E-state index in [0.717, 1.165) is 11.3 Å². The minimum Gasteiger partial charge on any atom is -0.496 e. The Balaban J connectivity index is 2.10. The van der Waals surface area contributed by atoms with Gasteiger partial charge in [-0.15, -0.1) is 0 Å². The normalized spacial score (nSPS) is 16.3. The molecule has 3 rings (SSSR count). The number of nitrogens with one attached hydrogen (secondary N) is 1. The highest BCUT2D eigenvalue weighted by Gasteiger charge is 2.36. The van der Waals surface area contributed by atoms with E-state index >= 15 is 0 Å². The maximum atomic E-state index is 13.1. The van der Waals surface area contributed by atoms with E-state index in [1.165, 1.54) is 0 Å². The molecule has 0 fully saturated rings. The van der Waals surface area contributed by atoms with Gasteiger partial charge in [-0.05, 0) is 49.5 Å². The van der Waals surface area contributed by atoms with Crippen molar-refractivity contribution >= 4 is 40.6 Å². The second kappa shape index (κ2) is 9.93. The number of carbonyl (C=O) groups is 1. The van der Waals surface area contributed by atoms with Crippen LogP contribution in [0.4, 0.5) is 5.69 Å². The number of anilines is 1. The van der Waals surface area contributed by atoms with Crippen molar-refractivity contribution in [3.05, 3.63) is 70.4 Å². The summed E-state index contributed by atoms with van der Waals surface area (Å²) < 4.78 is 16.0. The summed E-state index contributed by atoms with van der Waals surface area (Å²) in [6, 6.07) is 14.2. The molecule has 1 aliphatic heterocycles. The van der Waals surface area contributed by atoms with Gasteiger partial charge in [0, 0.05) is 29.1 Å². The quantitative estimate of drug-likeness (QED) is 0.387. The van der Waals surface area contributed by atoms with Crippen LogP contribution in [0.15, 0.2) is 59.8 Å². The maximum absolute atomic E-state index is 13.1. The molecule has 8 heteroatoms. The topological polar surface area (TPSA) is 60.0 Å². The summed E-state index contributed by atoms with van der Waals surface area (Å²) in [7, 11) is 3.14. The number of halogens is 1. The molecule has 2 aromatic rings. The first-order valence-corrected chi connectivity index (χ1v) is 10.1. The number of rotatable bonds is 7. The second-order valence-corrected chi connectivity index (χ2v) is 7.39. The molecule has 0 aliphatic carbocycles. The van der Waals surface area contributed by atoms with Crippen molar-refractivity contribution in [2.45, 2.75) is 13.0 Å². The average molecular weight is 447 g/mol. The first-order valence-electron chi connectivity index (χ1n) is 9.33. The molecule has 0 bridgehead atoms. The zero-order valence-electron chi connectivity index (χ0n) is 17.0. The fraction of sp³-hybridized carbons (Fsp3) is 0.273. The number of thiocarbonyl (C=S) groups is 1. The van der Waals surface area contributed by atoms with Gasteiger partial charge in [-0.2, -0.15) is 0 Å². The number of carbonyl (C=O) groups excluding carboxylic acids is 1. The SMILES string of the molecule is COCCOC(=O)C1=C(C)N(c2ccc(Cl)cc2)C(=S)NC1c1ccccc1OC. The van der Waals surface area contributed by atoms with Crippen LogP contribution in [0.1, 0.15) is 18.5 Å². The van der Waals surface area contributed by atoms with Gasteiger partial charge in [-0.1, -0.05) is 29.8 Å². The highest BCUT2D eigenvalue weighted by Crippen LogP contribution is 2.37. The third-order valence-corrected chi connectivity index (χ3v) is 5.31. The maximum Gasteiger partial charge on any atom is 0.338 e. The van der Waals surface area contributed by atoms with Gasteiger partial charge in [0.25, 0.3) is 0 Å². The number of ether oxygens (including phenoxy) is 3. The third-order valence-electron chi connectivity index (χ3n) is 4.76.